The van der Waals surface area contributed by atoms with Crippen molar-refractivity contribution < 1.29 is 0 Å². The topological polar surface area (TPSA) is 8.17 Å². The Bertz CT molecular complexity index is 4290. The van der Waals surface area contributed by atoms with E-state index in [0.717, 1.165) is 22.5 Å². The predicted molar refractivity (Wildman–Crippen MR) is 334 cm³/mol. The van der Waals surface area contributed by atoms with Gasteiger partial charge in [-0.3, -0.25) is 0 Å². The maximum absolute atomic E-state index is 3.34. The van der Waals surface area contributed by atoms with E-state index in [1.807, 2.05) is 0 Å². The smallest absolute Gasteiger partial charge is 0.179 e. The van der Waals surface area contributed by atoms with Crippen LogP contribution < -0.4 is 25.6 Å². The molecule has 0 radical (unpaired) electrons. The standard InChI is InChI=1S/C76H56N2Si/c1-75(2)69-42-18-22-46-73(69)78(74-47-23-19-43-70(74)75)58-49-54(53-26-24-30-57(48-53)77-71-44-20-14-38-65(71)66-39-15-21-45-72(66)77)50-62(52-58)79(59-31-8-4-9-32-59,60-33-10-5-11-34-60)61-35-25-29-56(51-61)76(55-27-6-3-7-28-55)67-40-16-12-36-63(67)64-37-13-17-41-68(64)76/h3-52H,1-2H3. The first kappa shape index (κ1) is 46.7. The van der Waals surface area contributed by atoms with Crippen LogP contribution in [0.1, 0.15) is 47.2 Å². The molecule has 2 heterocycles. The van der Waals surface area contributed by atoms with Gasteiger partial charge in [-0.2, -0.15) is 0 Å². The molecule has 1 aromatic heterocycles. The van der Waals surface area contributed by atoms with E-state index in [1.54, 1.807) is 0 Å². The molecular formula is C76H56N2Si. The molecule has 0 unspecified atom stereocenters. The normalized spacial score (nSPS) is 13.9. The van der Waals surface area contributed by atoms with Crippen LogP contribution in [0.2, 0.25) is 0 Å². The SMILES string of the molecule is CC1(C)c2ccccc2N(c2cc(-c3cccc(-n4c5ccccc5c5ccccc54)c3)cc([Si](c3ccccc3)(c3ccccc3)c3cccc(C4(c5ccccc5)c5ccccc5-c5ccccc54)c3)c2)c2ccccc21. The minimum absolute atomic E-state index is 0.222. The molecule has 1 aliphatic carbocycles. The largest absolute Gasteiger partial charge is 0.310 e. The molecule has 0 saturated heterocycles. The summed E-state index contributed by atoms with van der Waals surface area (Å²) in [5.74, 6) is 0. The third-order valence-electron chi connectivity index (χ3n) is 17.6. The van der Waals surface area contributed by atoms with E-state index in [-0.39, 0.29) is 5.41 Å². The number of fused-ring (bicyclic) bond motifs is 8. The fourth-order valence-corrected chi connectivity index (χ4v) is 19.0. The zero-order chi connectivity index (χ0) is 52.7. The number of nitrogens with zero attached hydrogens (tertiary/aromatic N) is 2. The van der Waals surface area contributed by atoms with Crippen LogP contribution in [-0.4, -0.2) is 12.6 Å². The van der Waals surface area contributed by atoms with Gasteiger partial charge in [-0.15, -0.1) is 0 Å². The fraction of sp³-hybridized carbons (Fsp3) is 0.0526. The lowest BCUT2D eigenvalue weighted by Gasteiger charge is -2.43. The summed E-state index contributed by atoms with van der Waals surface area (Å²) in [5, 5.41) is 7.77. The van der Waals surface area contributed by atoms with Crippen molar-refractivity contribution in [1.82, 2.24) is 4.57 Å². The molecule has 0 N–H and O–H groups in total. The van der Waals surface area contributed by atoms with Crippen LogP contribution in [0.4, 0.5) is 17.1 Å². The molecular weight excluding hydrogens is 969 g/mol. The summed E-state index contributed by atoms with van der Waals surface area (Å²) in [6.07, 6.45) is 0. The Morgan fingerprint density at radius 1 is 0.304 bits per heavy atom. The van der Waals surface area contributed by atoms with E-state index < -0.39 is 13.5 Å². The van der Waals surface area contributed by atoms with Crippen molar-refractivity contribution in [3.63, 3.8) is 0 Å². The first-order chi connectivity index (χ1) is 39.0. The van der Waals surface area contributed by atoms with E-state index in [4.69, 9.17) is 0 Å². The molecule has 2 aliphatic rings. The van der Waals surface area contributed by atoms with Crippen LogP contribution in [0, 0.1) is 0 Å². The molecule has 0 bridgehead atoms. The van der Waals surface area contributed by atoms with Crippen molar-refractivity contribution in [2.75, 3.05) is 4.90 Å². The molecule has 0 atom stereocenters. The van der Waals surface area contributed by atoms with Crippen LogP contribution in [0.15, 0.2) is 303 Å². The molecule has 0 fully saturated rings. The van der Waals surface area contributed by atoms with Crippen molar-refractivity contribution in [1.29, 1.82) is 0 Å². The summed E-state index contributed by atoms with van der Waals surface area (Å²) in [5.41, 5.74) is 18.9. The third-order valence-corrected chi connectivity index (χ3v) is 22.3. The van der Waals surface area contributed by atoms with Crippen molar-refractivity contribution >= 4 is 67.7 Å². The van der Waals surface area contributed by atoms with Crippen LogP contribution in [0.5, 0.6) is 0 Å². The minimum atomic E-state index is -3.34. The highest BCUT2D eigenvalue weighted by atomic mass is 28.3. The second-order valence-electron chi connectivity index (χ2n) is 22.0. The number of rotatable bonds is 9. The monoisotopic (exact) mass is 1020 g/mol. The van der Waals surface area contributed by atoms with Gasteiger partial charge >= 0.3 is 0 Å². The summed E-state index contributed by atoms with van der Waals surface area (Å²) < 4.78 is 2.44. The molecule has 12 aromatic carbocycles. The number of benzene rings is 12. The molecule has 0 amide bonds. The Balaban J connectivity index is 1.05. The van der Waals surface area contributed by atoms with Gasteiger partial charge in [0.1, 0.15) is 0 Å². The predicted octanol–water partition coefficient (Wildman–Crippen LogP) is 16.3. The van der Waals surface area contributed by atoms with Crippen molar-refractivity contribution in [3.8, 4) is 27.9 Å². The van der Waals surface area contributed by atoms with Crippen molar-refractivity contribution in [2.45, 2.75) is 24.7 Å². The molecule has 15 rings (SSSR count). The number of aromatic nitrogens is 1. The Labute approximate surface area is 463 Å². The quantitative estimate of drug-likeness (QED) is 0.103. The number of anilines is 3. The summed E-state index contributed by atoms with van der Waals surface area (Å²) in [6.45, 7) is 4.76. The van der Waals surface area contributed by atoms with Crippen molar-refractivity contribution in [3.05, 3.63) is 337 Å². The maximum atomic E-state index is 2.61. The number of para-hydroxylation sites is 4. The van der Waals surface area contributed by atoms with Gasteiger partial charge in [0.25, 0.3) is 0 Å². The summed E-state index contributed by atoms with van der Waals surface area (Å²) in [4.78, 5) is 2.56. The lowest BCUT2D eigenvalue weighted by atomic mass is 9.68. The molecule has 374 valence electrons. The van der Waals surface area contributed by atoms with Gasteiger partial charge in [0.2, 0.25) is 0 Å². The van der Waals surface area contributed by atoms with Gasteiger partial charge in [0.05, 0.1) is 27.8 Å². The molecule has 13 aromatic rings. The lowest BCUT2D eigenvalue weighted by Crippen LogP contribution is -2.75. The number of hydrogen-bond donors (Lipinski definition) is 0. The van der Waals surface area contributed by atoms with Gasteiger partial charge in [-0.05, 0) is 125 Å². The molecule has 79 heavy (non-hydrogen) atoms. The van der Waals surface area contributed by atoms with Crippen LogP contribution in [0.25, 0.3) is 49.7 Å². The van der Waals surface area contributed by atoms with E-state index in [9.17, 15) is 0 Å². The van der Waals surface area contributed by atoms with Gasteiger partial charge in [-0.1, -0.05) is 269 Å². The highest BCUT2D eigenvalue weighted by Crippen LogP contribution is 2.56. The Kier molecular flexibility index (Phi) is 10.8. The molecule has 2 nitrogen and oxygen atoms in total. The van der Waals surface area contributed by atoms with E-state index >= 15 is 0 Å². The highest BCUT2D eigenvalue weighted by molar-refractivity contribution is 7.20. The summed E-state index contributed by atoms with van der Waals surface area (Å²) in [6, 6.07) is 115. The highest BCUT2D eigenvalue weighted by Gasteiger charge is 2.48. The third kappa shape index (κ3) is 6.96. The average molecular weight is 1030 g/mol. The van der Waals surface area contributed by atoms with Crippen LogP contribution in [-0.2, 0) is 10.8 Å². The average Bonchev–Trinajstić information content (AvgIpc) is 4.26. The molecule has 0 spiro atoms. The Morgan fingerprint density at radius 2 is 0.759 bits per heavy atom. The maximum Gasteiger partial charge on any atom is 0.179 e. The van der Waals surface area contributed by atoms with Crippen LogP contribution in [0.3, 0.4) is 0 Å². The minimum Gasteiger partial charge on any atom is -0.310 e. The molecule has 3 heteroatoms. The second kappa shape index (κ2) is 18.3. The van der Waals surface area contributed by atoms with E-state index in [2.05, 4.69) is 327 Å². The zero-order valence-corrected chi connectivity index (χ0v) is 45.3. The second-order valence-corrected chi connectivity index (χ2v) is 25.8. The molecule has 0 saturated carbocycles. The van der Waals surface area contributed by atoms with Gasteiger partial charge in [0, 0.05) is 27.6 Å². The first-order valence-electron chi connectivity index (χ1n) is 27.7. The summed E-state index contributed by atoms with van der Waals surface area (Å²) in [7, 11) is -3.34. The van der Waals surface area contributed by atoms with Crippen LogP contribution >= 0.6 is 0 Å². The van der Waals surface area contributed by atoms with Crippen molar-refractivity contribution in [2.24, 2.45) is 0 Å². The Hall–Kier alpha value is -9.54. The Morgan fingerprint density at radius 3 is 1.35 bits per heavy atom. The van der Waals surface area contributed by atoms with Gasteiger partial charge < -0.3 is 9.47 Å². The van der Waals surface area contributed by atoms with Gasteiger partial charge in [-0.25, -0.2) is 0 Å². The van der Waals surface area contributed by atoms with E-state index in [0.29, 0.717) is 0 Å². The van der Waals surface area contributed by atoms with E-state index in [1.165, 1.54) is 98.4 Å². The number of hydrogen-bond acceptors (Lipinski definition) is 1. The summed E-state index contributed by atoms with van der Waals surface area (Å²) >= 11 is 0. The fourth-order valence-electron chi connectivity index (χ4n) is 14.2. The lowest BCUT2D eigenvalue weighted by molar-refractivity contribution is 0.632. The first-order valence-corrected chi connectivity index (χ1v) is 29.7. The van der Waals surface area contributed by atoms with Gasteiger partial charge in [0.15, 0.2) is 8.07 Å². The molecule has 1 aliphatic heterocycles. The zero-order valence-electron chi connectivity index (χ0n) is 44.3.